The molecule has 7 heteroatoms. The molecule has 1 aliphatic heterocycles. The van der Waals surface area contributed by atoms with Crippen molar-refractivity contribution in [2.75, 3.05) is 13.7 Å². The van der Waals surface area contributed by atoms with E-state index >= 15 is 0 Å². The monoisotopic (exact) mass is 336 g/mol. The number of hydrogen-bond acceptors (Lipinski definition) is 6. The first-order valence-electron chi connectivity index (χ1n) is 7.86. The lowest BCUT2D eigenvalue weighted by Crippen LogP contribution is -2.43. The summed E-state index contributed by atoms with van der Waals surface area (Å²) in [6.07, 6.45) is -0.216. The zero-order chi connectivity index (χ0) is 17.3. The van der Waals surface area contributed by atoms with E-state index in [0.29, 0.717) is 36.1 Å². The number of aliphatic hydroxyl groups excluding tert-OH is 2. The van der Waals surface area contributed by atoms with Gasteiger partial charge in [-0.15, -0.1) is 0 Å². The summed E-state index contributed by atoms with van der Waals surface area (Å²) in [5.74, 6) is -0.233. The highest BCUT2D eigenvalue weighted by atomic mass is 19.1. The number of ether oxygens (including phenoxy) is 2. The fourth-order valence-corrected chi connectivity index (χ4v) is 3.03. The smallest absolute Gasteiger partial charge is 0.153 e. The summed E-state index contributed by atoms with van der Waals surface area (Å²) in [4.78, 5) is 4.01. The predicted molar refractivity (Wildman–Crippen MR) is 86.2 cm³/mol. The maximum absolute atomic E-state index is 14.2. The third kappa shape index (κ3) is 3.21. The van der Waals surface area contributed by atoms with E-state index < -0.39 is 24.1 Å². The van der Waals surface area contributed by atoms with Gasteiger partial charge in [-0.3, -0.25) is 4.98 Å². The lowest BCUT2D eigenvalue weighted by Gasteiger charge is -2.32. The zero-order valence-electron chi connectivity index (χ0n) is 13.4. The molecule has 0 saturated carbocycles. The van der Waals surface area contributed by atoms with Crippen molar-refractivity contribution in [1.29, 1.82) is 0 Å². The van der Waals surface area contributed by atoms with Crippen LogP contribution in [0.3, 0.4) is 0 Å². The molecule has 1 aromatic heterocycles. The highest BCUT2D eigenvalue weighted by molar-refractivity contribution is 5.84. The van der Waals surface area contributed by atoms with Gasteiger partial charge in [-0.05, 0) is 30.5 Å². The average molecular weight is 336 g/mol. The first-order chi connectivity index (χ1) is 11.5. The van der Waals surface area contributed by atoms with Crippen LogP contribution in [0.5, 0.6) is 5.75 Å². The van der Waals surface area contributed by atoms with E-state index in [1.54, 1.807) is 12.1 Å². The number of nitrogens with zero attached hydrogens (tertiary/aromatic N) is 1. The van der Waals surface area contributed by atoms with E-state index in [2.05, 4.69) is 4.98 Å². The third-order valence-corrected chi connectivity index (χ3v) is 4.41. The molecule has 4 N–H and O–H groups in total. The zero-order valence-corrected chi connectivity index (χ0v) is 13.4. The Balaban J connectivity index is 1.94. The number of pyridine rings is 1. The first-order valence-corrected chi connectivity index (χ1v) is 7.86. The van der Waals surface area contributed by atoms with Gasteiger partial charge in [-0.2, -0.15) is 0 Å². The van der Waals surface area contributed by atoms with Gasteiger partial charge in [0.25, 0.3) is 0 Å². The quantitative estimate of drug-likeness (QED) is 0.778. The Bertz CT molecular complexity index is 719. The van der Waals surface area contributed by atoms with Gasteiger partial charge in [0, 0.05) is 23.7 Å². The molecule has 24 heavy (non-hydrogen) atoms. The number of fused-ring (bicyclic) bond motifs is 1. The molecule has 1 aliphatic rings. The second-order valence-corrected chi connectivity index (χ2v) is 6.05. The van der Waals surface area contributed by atoms with Crippen molar-refractivity contribution in [2.24, 2.45) is 5.73 Å². The Kier molecular flexibility index (Phi) is 4.96. The predicted octanol–water partition coefficient (Wildman–Crippen LogP) is 1.28. The minimum atomic E-state index is -1.23. The number of aromatic nitrogens is 1. The van der Waals surface area contributed by atoms with Crippen molar-refractivity contribution in [3.05, 3.63) is 35.8 Å². The van der Waals surface area contributed by atoms with Gasteiger partial charge < -0.3 is 25.4 Å². The standard InChI is InChI=1S/C17H21FN2O4/c1-23-10-6-12-11(4-5-20-15(12)13(18)7-10)16(21)17(22)14-3-2-9(19)8-24-14/h4-7,9,14,16-17,21-22H,2-3,8,19H2,1H3/t9-,14?,16+,17?/m1/s1. The van der Waals surface area contributed by atoms with Gasteiger partial charge >= 0.3 is 0 Å². The summed E-state index contributed by atoms with van der Waals surface area (Å²) in [7, 11) is 1.43. The Morgan fingerprint density at radius 3 is 2.83 bits per heavy atom. The Morgan fingerprint density at radius 1 is 1.38 bits per heavy atom. The molecule has 0 aliphatic carbocycles. The summed E-state index contributed by atoms with van der Waals surface area (Å²) >= 11 is 0. The van der Waals surface area contributed by atoms with Crippen LogP contribution in [0, 0.1) is 5.82 Å². The van der Waals surface area contributed by atoms with E-state index in [1.165, 1.54) is 19.4 Å². The molecule has 2 unspecified atom stereocenters. The SMILES string of the molecule is COc1cc(F)c2nccc([C@H](O)C(O)C3CC[C@@H](N)CO3)c2c1. The molecule has 6 nitrogen and oxygen atoms in total. The van der Waals surface area contributed by atoms with Crippen LogP contribution in [-0.4, -0.2) is 47.2 Å². The van der Waals surface area contributed by atoms with Crippen molar-refractivity contribution in [2.45, 2.75) is 37.2 Å². The number of halogens is 1. The maximum Gasteiger partial charge on any atom is 0.153 e. The summed E-state index contributed by atoms with van der Waals surface area (Å²) in [5, 5.41) is 21.5. The van der Waals surface area contributed by atoms with Crippen molar-refractivity contribution >= 4 is 10.9 Å². The number of methoxy groups -OCH3 is 1. The van der Waals surface area contributed by atoms with E-state index in [0.717, 1.165) is 0 Å². The molecule has 2 heterocycles. The van der Waals surface area contributed by atoms with Crippen LogP contribution >= 0.6 is 0 Å². The van der Waals surface area contributed by atoms with Crippen molar-refractivity contribution in [3.63, 3.8) is 0 Å². The van der Waals surface area contributed by atoms with Crippen LogP contribution in [-0.2, 0) is 4.74 Å². The van der Waals surface area contributed by atoms with Crippen molar-refractivity contribution in [3.8, 4) is 5.75 Å². The number of aliphatic hydroxyl groups is 2. The normalized spacial score (nSPS) is 23.9. The molecule has 1 fully saturated rings. The summed E-state index contributed by atoms with van der Waals surface area (Å²) in [6.45, 7) is 0.341. The fourth-order valence-electron chi connectivity index (χ4n) is 3.03. The van der Waals surface area contributed by atoms with Crippen LogP contribution in [0.25, 0.3) is 10.9 Å². The molecular weight excluding hydrogens is 315 g/mol. The fraction of sp³-hybridized carbons (Fsp3) is 0.471. The van der Waals surface area contributed by atoms with Crippen LogP contribution in [0.2, 0.25) is 0 Å². The summed E-state index contributed by atoms with van der Waals surface area (Å²) in [5.41, 5.74) is 6.27. The van der Waals surface area contributed by atoms with Crippen molar-refractivity contribution in [1.82, 2.24) is 4.98 Å². The molecule has 1 aromatic carbocycles. The Morgan fingerprint density at radius 2 is 2.17 bits per heavy atom. The number of benzene rings is 1. The molecular formula is C17H21FN2O4. The van der Waals surface area contributed by atoms with E-state index in [-0.39, 0.29) is 11.6 Å². The molecule has 0 radical (unpaired) electrons. The van der Waals surface area contributed by atoms with Crippen LogP contribution < -0.4 is 10.5 Å². The Hall–Kier alpha value is -1.80. The molecule has 1 saturated heterocycles. The molecule has 2 aromatic rings. The highest BCUT2D eigenvalue weighted by Gasteiger charge is 2.32. The van der Waals surface area contributed by atoms with Gasteiger partial charge in [0.05, 0.1) is 19.8 Å². The number of nitrogens with two attached hydrogens (primary N) is 1. The maximum atomic E-state index is 14.2. The molecule has 130 valence electrons. The van der Waals surface area contributed by atoms with Crippen molar-refractivity contribution < 1.29 is 24.1 Å². The average Bonchev–Trinajstić information content (AvgIpc) is 2.60. The largest absolute Gasteiger partial charge is 0.497 e. The topological polar surface area (TPSA) is 97.8 Å². The third-order valence-electron chi connectivity index (χ3n) is 4.41. The minimum absolute atomic E-state index is 0.0503. The lowest BCUT2D eigenvalue weighted by atomic mass is 9.93. The van der Waals surface area contributed by atoms with Crippen LogP contribution in [0.15, 0.2) is 24.4 Å². The first kappa shape index (κ1) is 17.0. The van der Waals surface area contributed by atoms with E-state index in [9.17, 15) is 14.6 Å². The molecule has 0 spiro atoms. The van der Waals surface area contributed by atoms with Gasteiger partial charge in [-0.25, -0.2) is 4.39 Å². The van der Waals surface area contributed by atoms with Crippen LogP contribution in [0.4, 0.5) is 4.39 Å². The molecule has 0 amide bonds. The van der Waals surface area contributed by atoms with E-state index in [4.69, 9.17) is 15.2 Å². The van der Waals surface area contributed by atoms with E-state index in [1.807, 2.05) is 0 Å². The number of rotatable bonds is 4. The molecule has 4 atom stereocenters. The summed E-state index contributed by atoms with van der Waals surface area (Å²) in [6, 6.07) is 4.33. The molecule has 0 bridgehead atoms. The van der Waals surface area contributed by atoms with Gasteiger partial charge in [0.15, 0.2) is 5.82 Å². The number of hydrogen-bond donors (Lipinski definition) is 3. The van der Waals surface area contributed by atoms with Gasteiger partial charge in [0.1, 0.15) is 23.5 Å². The molecule has 3 rings (SSSR count). The summed E-state index contributed by atoms with van der Waals surface area (Å²) < 4.78 is 24.8. The Labute approximate surface area is 139 Å². The second kappa shape index (κ2) is 6.98. The van der Waals surface area contributed by atoms with Gasteiger partial charge in [0.2, 0.25) is 0 Å². The van der Waals surface area contributed by atoms with Gasteiger partial charge in [-0.1, -0.05) is 0 Å². The van der Waals surface area contributed by atoms with Crippen LogP contribution in [0.1, 0.15) is 24.5 Å². The lowest BCUT2D eigenvalue weighted by molar-refractivity contribution is -0.111. The highest BCUT2D eigenvalue weighted by Crippen LogP contribution is 2.32. The minimum Gasteiger partial charge on any atom is -0.497 e. The second-order valence-electron chi connectivity index (χ2n) is 6.05.